The van der Waals surface area contributed by atoms with Gasteiger partial charge in [0.15, 0.2) is 0 Å². The molecule has 3 heteroatoms. The van der Waals surface area contributed by atoms with Crippen molar-refractivity contribution < 1.29 is 9.16 Å². The Balaban J connectivity index is 1.48. The fraction of sp³-hybridized carbons (Fsp3) is 0.282. The number of hydrogen-bond donors (Lipinski definition) is 0. The molecule has 0 unspecified atom stereocenters. The van der Waals surface area contributed by atoms with Crippen LogP contribution in [0.5, 0.6) is 0 Å². The Bertz CT molecular complexity index is 1320. The summed E-state index contributed by atoms with van der Waals surface area (Å²) in [5.74, 6) is 0. The van der Waals surface area contributed by atoms with Crippen molar-refractivity contribution in [2.45, 2.75) is 70.8 Å². The summed E-state index contributed by atoms with van der Waals surface area (Å²) in [4.78, 5) is 0. The summed E-state index contributed by atoms with van der Waals surface area (Å²) in [6.07, 6.45) is 11.7. The molecule has 0 N–H and O–H groups in total. The Kier molecular flexibility index (Phi) is 11.7. The van der Waals surface area contributed by atoms with Gasteiger partial charge in [-0.25, -0.2) is 0 Å². The van der Waals surface area contributed by atoms with Gasteiger partial charge in [0.1, 0.15) is 0 Å². The normalized spacial score (nSPS) is 13.9. The van der Waals surface area contributed by atoms with E-state index in [0.717, 1.165) is 19.3 Å². The zero-order valence-corrected chi connectivity index (χ0v) is 26.7. The van der Waals surface area contributed by atoms with Gasteiger partial charge in [0.2, 0.25) is 0 Å². The SMILES string of the molecule is C/C=C/[C@@H](CC/C=C\C[C@@H](OCc1ccccc1)c1ccccc1)O[Si](c1ccccc1)(c1ccccc1)C(C)(C)C. The second kappa shape index (κ2) is 15.6. The van der Waals surface area contributed by atoms with Gasteiger partial charge < -0.3 is 9.16 Å². The topological polar surface area (TPSA) is 18.5 Å². The van der Waals surface area contributed by atoms with Crippen molar-refractivity contribution in [3.05, 3.63) is 157 Å². The Morgan fingerprint density at radius 1 is 0.690 bits per heavy atom. The minimum absolute atomic E-state index is 0.0161. The summed E-state index contributed by atoms with van der Waals surface area (Å²) in [5.41, 5.74) is 2.40. The molecule has 0 heterocycles. The molecule has 0 saturated carbocycles. The van der Waals surface area contributed by atoms with Gasteiger partial charge in [-0.15, -0.1) is 0 Å². The first-order valence-corrected chi connectivity index (χ1v) is 17.1. The first-order valence-electron chi connectivity index (χ1n) is 15.2. The van der Waals surface area contributed by atoms with Gasteiger partial charge in [-0.2, -0.15) is 0 Å². The lowest BCUT2D eigenvalue weighted by atomic mass is 10.1. The molecule has 4 aromatic rings. The van der Waals surface area contributed by atoms with Crippen LogP contribution >= 0.6 is 0 Å². The Labute approximate surface area is 254 Å². The predicted octanol–water partition coefficient (Wildman–Crippen LogP) is 9.19. The van der Waals surface area contributed by atoms with Crippen molar-refractivity contribution in [1.29, 1.82) is 0 Å². The summed E-state index contributed by atoms with van der Waals surface area (Å²) in [5, 5.41) is 2.58. The predicted molar refractivity (Wildman–Crippen MR) is 181 cm³/mol. The van der Waals surface area contributed by atoms with Crippen molar-refractivity contribution >= 4 is 18.7 Å². The molecule has 0 bridgehead atoms. The fourth-order valence-corrected chi connectivity index (χ4v) is 10.3. The van der Waals surface area contributed by atoms with E-state index in [1.54, 1.807) is 0 Å². The van der Waals surface area contributed by atoms with Crippen LogP contribution in [0.1, 0.15) is 64.2 Å². The number of hydrogen-bond acceptors (Lipinski definition) is 2. The van der Waals surface area contributed by atoms with Crippen LogP contribution in [-0.2, 0) is 15.8 Å². The lowest BCUT2D eigenvalue weighted by Crippen LogP contribution is -2.67. The third-order valence-corrected chi connectivity index (χ3v) is 12.8. The molecule has 2 nitrogen and oxygen atoms in total. The molecule has 0 radical (unpaired) electrons. The molecule has 0 spiro atoms. The van der Waals surface area contributed by atoms with Gasteiger partial charge in [-0.05, 0) is 52.7 Å². The molecule has 0 aliphatic carbocycles. The van der Waals surface area contributed by atoms with Crippen LogP contribution in [0.15, 0.2) is 146 Å². The number of allylic oxidation sites excluding steroid dienone is 2. The summed E-state index contributed by atoms with van der Waals surface area (Å²) >= 11 is 0. The van der Waals surface area contributed by atoms with Crippen molar-refractivity contribution in [1.82, 2.24) is 0 Å². The lowest BCUT2D eigenvalue weighted by molar-refractivity contribution is 0.0416. The van der Waals surface area contributed by atoms with Crippen LogP contribution in [-0.4, -0.2) is 14.4 Å². The third-order valence-electron chi connectivity index (χ3n) is 7.75. The molecule has 0 amide bonds. The van der Waals surface area contributed by atoms with Gasteiger partial charge in [-0.3, -0.25) is 0 Å². The van der Waals surface area contributed by atoms with Crippen LogP contribution in [0.3, 0.4) is 0 Å². The largest absolute Gasteiger partial charge is 0.401 e. The van der Waals surface area contributed by atoms with Crippen molar-refractivity contribution in [3.63, 3.8) is 0 Å². The summed E-state index contributed by atoms with van der Waals surface area (Å²) < 4.78 is 13.8. The standard InChI is InChI=1S/C39H46O2Si/c1-5-21-35(41-42(39(2,3)4,36-27-16-9-17-28-36)37-29-18-10-19-30-37)26-15-8-20-31-38(34-24-13-7-14-25-34)40-32-33-22-11-6-12-23-33/h5-14,16-25,27-30,35,38H,15,26,31-32H2,1-4H3/b20-8-,21-5+/t35-,38+/m0/s1. The highest BCUT2D eigenvalue weighted by molar-refractivity contribution is 6.99. The van der Waals surface area contributed by atoms with E-state index >= 15 is 0 Å². The number of ether oxygens (including phenoxy) is 1. The van der Waals surface area contributed by atoms with E-state index in [9.17, 15) is 0 Å². The van der Waals surface area contributed by atoms with Crippen molar-refractivity contribution in [2.75, 3.05) is 0 Å². The highest BCUT2D eigenvalue weighted by Crippen LogP contribution is 2.38. The molecule has 0 aliphatic heterocycles. The molecule has 2 atom stereocenters. The molecule has 0 saturated heterocycles. The quantitative estimate of drug-likeness (QED) is 0.110. The third kappa shape index (κ3) is 8.29. The number of rotatable bonds is 14. The van der Waals surface area contributed by atoms with Crippen molar-refractivity contribution in [2.24, 2.45) is 0 Å². The number of benzene rings is 4. The Hall–Kier alpha value is -3.50. The highest BCUT2D eigenvalue weighted by atomic mass is 28.4. The van der Waals surface area contributed by atoms with Gasteiger partial charge in [0, 0.05) is 0 Å². The molecule has 0 aliphatic rings. The van der Waals surface area contributed by atoms with E-state index in [1.807, 2.05) is 6.07 Å². The smallest absolute Gasteiger partial charge is 0.261 e. The van der Waals surface area contributed by atoms with Crippen molar-refractivity contribution in [3.8, 4) is 0 Å². The summed E-state index contributed by atoms with van der Waals surface area (Å²) in [7, 11) is -2.62. The van der Waals surface area contributed by atoms with E-state index in [2.05, 4.69) is 167 Å². The van der Waals surface area contributed by atoms with Gasteiger partial charge in [0.25, 0.3) is 8.32 Å². The van der Waals surface area contributed by atoms with Crippen LogP contribution in [0.4, 0.5) is 0 Å². The van der Waals surface area contributed by atoms with E-state index in [-0.39, 0.29) is 17.2 Å². The highest BCUT2D eigenvalue weighted by Gasteiger charge is 2.51. The Morgan fingerprint density at radius 2 is 1.21 bits per heavy atom. The zero-order valence-electron chi connectivity index (χ0n) is 25.7. The molecular formula is C39H46O2Si. The van der Waals surface area contributed by atoms with Crippen LogP contribution in [0.2, 0.25) is 5.04 Å². The van der Waals surface area contributed by atoms with Gasteiger partial charge in [0.05, 0.1) is 18.8 Å². The summed E-state index contributed by atoms with van der Waals surface area (Å²) in [6.45, 7) is 9.71. The first kappa shape index (κ1) is 31.4. The van der Waals surface area contributed by atoms with Crippen LogP contribution in [0, 0.1) is 0 Å². The van der Waals surface area contributed by atoms with E-state index < -0.39 is 8.32 Å². The zero-order chi connectivity index (χ0) is 29.7. The maximum absolute atomic E-state index is 7.39. The molecule has 0 fully saturated rings. The van der Waals surface area contributed by atoms with Crippen LogP contribution < -0.4 is 10.4 Å². The molecule has 42 heavy (non-hydrogen) atoms. The first-order chi connectivity index (χ1) is 20.4. The van der Waals surface area contributed by atoms with E-state index in [4.69, 9.17) is 9.16 Å². The maximum Gasteiger partial charge on any atom is 0.261 e. The van der Waals surface area contributed by atoms with E-state index in [0.29, 0.717) is 6.61 Å². The average Bonchev–Trinajstić information content (AvgIpc) is 3.02. The van der Waals surface area contributed by atoms with Gasteiger partial charge >= 0.3 is 0 Å². The second-order valence-corrected chi connectivity index (χ2v) is 16.1. The molecule has 218 valence electrons. The molecule has 4 aromatic carbocycles. The summed E-state index contributed by atoms with van der Waals surface area (Å²) in [6, 6.07) is 42.7. The lowest BCUT2D eigenvalue weighted by Gasteiger charge is -2.44. The minimum Gasteiger partial charge on any atom is -0.401 e. The second-order valence-electron chi connectivity index (χ2n) is 11.8. The fourth-order valence-electron chi connectivity index (χ4n) is 5.66. The molecular weight excluding hydrogens is 529 g/mol. The minimum atomic E-state index is -2.62. The molecule has 4 rings (SSSR count). The monoisotopic (exact) mass is 574 g/mol. The van der Waals surface area contributed by atoms with Crippen LogP contribution in [0.25, 0.3) is 0 Å². The maximum atomic E-state index is 7.39. The van der Waals surface area contributed by atoms with E-state index in [1.165, 1.54) is 21.5 Å². The van der Waals surface area contributed by atoms with Gasteiger partial charge in [-0.1, -0.05) is 166 Å². The Morgan fingerprint density at radius 3 is 1.74 bits per heavy atom. The average molecular weight is 575 g/mol. The molecule has 0 aromatic heterocycles.